The highest BCUT2D eigenvalue weighted by atomic mass is 19.1. The molecule has 0 saturated carbocycles. The van der Waals surface area contributed by atoms with Gasteiger partial charge in [0.25, 0.3) is 5.91 Å². The maximum absolute atomic E-state index is 13.1. The molecule has 0 radical (unpaired) electrons. The standard InChI is InChI=1S/C23H23FN4O/c1-16-3-5-18(6-4-16)22-25-17(2)15-21(26-22)27-11-13-28(14-12-27)23(29)19-7-9-20(24)10-8-19/h3-10,15H,11-14H2,1-2H3. The van der Waals surface area contributed by atoms with Gasteiger partial charge in [-0.15, -0.1) is 0 Å². The third-order valence-electron chi connectivity index (χ3n) is 5.13. The summed E-state index contributed by atoms with van der Waals surface area (Å²) in [5.41, 5.74) is 3.61. The van der Waals surface area contributed by atoms with E-state index < -0.39 is 0 Å². The van der Waals surface area contributed by atoms with E-state index in [1.165, 1.54) is 29.8 Å². The molecule has 2 aromatic carbocycles. The average molecular weight is 390 g/mol. The van der Waals surface area contributed by atoms with E-state index in [1.807, 2.05) is 25.1 Å². The van der Waals surface area contributed by atoms with Crippen molar-refractivity contribution in [3.63, 3.8) is 0 Å². The van der Waals surface area contributed by atoms with Gasteiger partial charge in [-0.3, -0.25) is 4.79 Å². The molecule has 29 heavy (non-hydrogen) atoms. The van der Waals surface area contributed by atoms with E-state index in [1.54, 1.807) is 4.90 Å². The molecule has 148 valence electrons. The van der Waals surface area contributed by atoms with E-state index in [9.17, 15) is 9.18 Å². The molecule has 1 aromatic heterocycles. The lowest BCUT2D eigenvalue weighted by Gasteiger charge is -2.35. The van der Waals surface area contributed by atoms with Gasteiger partial charge in [0.15, 0.2) is 5.82 Å². The molecule has 0 aliphatic carbocycles. The fraction of sp³-hybridized carbons (Fsp3) is 0.261. The van der Waals surface area contributed by atoms with Crippen LogP contribution in [0.25, 0.3) is 11.4 Å². The molecule has 0 atom stereocenters. The van der Waals surface area contributed by atoms with Crippen LogP contribution in [0, 0.1) is 19.7 Å². The van der Waals surface area contributed by atoms with Gasteiger partial charge in [0.1, 0.15) is 11.6 Å². The van der Waals surface area contributed by atoms with Crippen molar-refractivity contribution in [2.75, 3.05) is 31.1 Å². The summed E-state index contributed by atoms with van der Waals surface area (Å²) in [5.74, 6) is 1.19. The smallest absolute Gasteiger partial charge is 0.253 e. The first kappa shape index (κ1) is 19.1. The molecular weight excluding hydrogens is 367 g/mol. The Balaban J connectivity index is 1.47. The summed E-state index contributed by atoms with van der Waals surface area (Å²) >= 11 is 0. The molecule has 0 N–H and O–H groups in total. The number of halogens is 1. The molecule has 1 fully saturated rings. The van der Waals surface area contributed by atoms with Crippen LogP contribution in [0.5, 0.6) is 0 Å². The first-order chi connectivity index (χ1) is 14.0. The van der Waals surface area contributed by atoms with Crippen molar-refractivity contribution in [3.05, 3.63) is 77.2 Å². The SMILES string of the molecule is Cc1ccc(-c2nc(C)cc(N3CCN(C(=O)c4ccc(F)cc4)CC3)n2)cc1. The zero-order valence-corrected chi connectivity index (χ0v) is 16.6. The summed E-state index contributed by atoms with van der Waals surface area (Å²) in [6.07, 6.45) is 0. The Morgan fingerprint density at radius 1 is 0.897 bits per heavy atom. The van der Waals surface area contributed by atoms with Gasteiger partial charge >= 0.3 is 0 Å². The van der Waals surface area contributed by atoms with Gasteiger partial charge in [0.05, 0.1) is 0 Å². The zero-order chi connectivity index (χ0) is 20.4. The molecule has 1 amide bonds. The number of piperazine rings is 1. The molecule has 1 aliphatic heterocycles. The normalized spacial score (nSPS) is 14.2. The van der Waals surface area contributed by atoms with Gasteiger partial charge in [-0.1, -0.05) is 29.8 Å². The molecule has 1 saturated heterocycles. The lowest BCUT2D eigenvalue weighted by Crippen LogP contribution is -2.49. The Kier molecular flexibility index (Phi) is 5.25. The second kappa shape index (κ2) is 7.99. The summed E-state index contributed by atoms with van der Waals surface area (Å²) < 4.78 is 13.1. The molecule has 0 bridgehead atoms. The second-order valence-corrected chi connectivity index (χ2v) is 7.34. The predicted molar refractivity (Wildman–Crippen MR) is 111 cm³/mol. The first-order valence-corrected chi connectivity index (χ1v) is 9.72. The lowest BCUT2D eigenvalue weighted by molar-refractivity contribution is 0.0746. The van der Waals surface area contributed by atoms with Crippen molar-refractivity contribution in [2.24, 2.45) is 0 Å². The van der Waals surface area contributed by atoms with Crippen LogP contribution in [0.2, 0.25) is 0 Å². The number of aromatic nitrogens is 2. The summed E-state index contributed by atoms with van der Waals surface area (Å²) in [6.45, 7) is 6.60. The molecule has 0 unspecified atom stereocenters. The second-order valence-electron chi connectivity index (χ2n) is 7.34. The summed E-state index contributed by atoms with van der Waals surface area (Å²) in [4.78, 5) is 26.0. The number of hydrogen-bond acceptors (Lipinski definition) is 4. The quantitative estimate of drug-likeness (QED) is 0.681. The molecule has 1 aliphatic rings. The van der Waals surface area contributed by atoms with E-state index in [0.717, 1.165) is 17.1 Å². The van der Waals surface area contributed by atoms with Crippen molar-refractivity contribution >= 4 is 11.7 Å². The summed E-state index contributed by atoms with van der Waals surface area (Å²) in [7, 11) is 0. The molecule has 5 nitrogen and oxygen atoms in total. The minimum Gasteiger partial charge on any atom is -0.353 e. The zero-order valence-electron chi connectivity index (χ0n) is 16.6. The van der Waals surface area contributed by atoms with E-state index >= 15 is 0 Å². The molecular formula is C23H23FN4O. The molecule has 6 heteroatoms. The van der Waals surface area contributed by atoms with Crippen LogP contribution in [0.4, 0.5) is 10.2 Å². The van der Waals surface area contributed by atoms with Gasteiger partial charge in [0, 0.05) is 49.1 Å². The van der Waals surface area contributed by atoms with Crippen molar-refractivity contribution in [2.45, 2.75) is 13.8 Å². The highest BCUT2D eigenvalue weighted by molar-refractivity contribution is 5.94. The van der Waals surface area contributed by atoms with Crippen LogP contribution in [0.15, 0.2) is 54.6 Å². The van der Waals surface area contributed by atoms with Gasteiger partial charge < -0.3 is 9.80 Å². The predicted octanol–water partition coefficient (Wildman–Crippen LogP) is 3.86. The Bertz CT molecular complexity index is 1010. The van der Waals surface area contributed by atoms with E-state index in [0.29, 0.717) is 37.6 Å². The van der Waals surface area contributed by atoms with Crippen LogP contribution < -0.4 is 4.90 Å². The van der Waals surface area contributed by atoms with Crippen LogP contribution in [-0.2, 0) is 0 Å². The minimum atomic E-state index is -0.338. The Labute approximate surface area is 169 Å². The Hall–Kier alpha value is -3.28. The highest BCUT2D eigenvalue weighted by Gasteiger charge is 2.23. The first-order valence-electron chi connectivity index (χ1n) is 9.72. The molecule has 2 heterocycles. The maximum atomic E-state index is 13.1. The lowest BCUT2D eigenvalue weighted by atomic mass is 10.1. The third-order valence-corrected chi connectivity index (χ3v) is 5.13. The van der Waals surface area contributed by atoms with Gasteiger partial charge in [-0.25, -0.2) is 14.4 Å². The summed E-state index contributed by atoms with van der Waals surface area (Å²) in [6, 6.07) is 15.9. The number of carbonyl (C=O) groups excluding carboxylic acids is 1. The number of benzene rings is 2. The number of carbonyl (C=O) groups is 1. The molecule has 0 spiro atoms. The van der Waals surface area contributed by atoms with Crippen molar-refractivity contribution < 1.29 is 9.18 Å². The van der Waals surface area contributed by atoms with Crippen LogP contribution >= 0.6 is 0 Å². The van der Waals surface area contributed by atoms with Crippen molar-refractivity contribution in [1.82, 2.24) is 14.9 Å². The molecule has 3 aromatic rings. The third kappa shape index (κ3) is 4.26. The van der Waals surface area contributed by atoms with E-state index in [2.05, 4.69) is 28.9 Å². The molecule has 4 rings (SSSR count). The fourth-order valence-corrected chi connectivity index (χ4v) is 3.46. The van der Waals surface area contributed by atoms with E-state index in [4.69, 9.17) is 4.98 Å². The minimum absolute atomic E-state index is 0.0659. The van der Waals surface area contributed by atoms with Crippen LogP contribution in [0.3, 0.4) is 0 Å². The van der Waals surface area contributed by atoms with Crippen LogP contribution in [0.1, 0.15) is 21.6 Å². The van der Waals surface area contributed by atoms with Gasteiger partial charge in [0.2, 0.25) is 0 Å². The highest BCUT2D eigenvalue weighted by Crippen LogP contribution is 2.22. The Morgan fingerprint density at radius 2 is 1.55 bits per heavy atom. The number of rotatable bonds is 3. The van der Waals surface area contributed by atoms with Gasteiger partial charge in [-0.2, -0.15) is 0 Å². The number of hydrogen-bond donors (Lipinski definition) is 0. The number of amides is 1. The number of aryl methyl sites for hydroxylation is 2. The van der Waals surface area contributed by atoms with E-state index in [-0.39, 0.29) is 11.7 Å². The summed E-state index contributed by atoms with van der Waals surface area (Å²) in [5, 5.41) is 0. The number of anilines is 1. The van der Waals surface area contributed by atoms with Crippen molar-refractivity contribution in [3.8, 4) is 11.4 Å². The topological polar surface area (TPSA) is 49.3 Å². The monoisotopic (exact) mass is 390 g/mol. The average Bonchev–Trinajstić information content (AvgIpc) is 2.74. The fourth-order valence-electron chi connectivity index (χ4n) is 3.46. The number of nitrogens with zero attached hydrogens (tertiary/aromatic N) is 4. The van der Waals surface area contributed by atoms with Crippen LogP contribution in [-0.4, -0.2) is 47.0 Å². The maximum Gasteiger partial charge on any atom is 0.253 e. The van der Waals surface area contributed by atoms with Gasteiger partial charge in [-0.05, 0) is 38.1 Å². The Morgan fingerprint density at radius 3 is 2.21 bits per heavy atom. The van der Waals surface area contributed by atoms with Crippen molar-refractivity contribution in [1.29, 1.82) is 0 Å². The largest absolute Gasteiger partial charge is 0.353 e.